The molecule has 0 aromatic heterocycles. The lowest BCUT2D eigenvalue weighted by Gasteiger charge is -2.12. The molecule has 15 heavy (non-hydrogen) atoms. The van der Waals surface area contributed by atoms with Crippen LogP contribution in [0.5, 0.6) is 0 Å². The standard InChI is InChI=1S/C13H18FN/c1-10(12-4-5-12)15-9-8-11-2-6-13(14)7-3-11/h2-3,6-7,10,12,15H,4-5,8-9H2,1H3. The van der Waals surface area contributed by atoms with Crippen molar-refractivity contribution in [3.63, 3.8) is 0 Å². The molecule has 0 radical (unpaired) electrons. The highest BCUT2D eigenvalue weighted by Gasteiger charge is 2.27. The number of hydrogen-bond donors (Lipinski definition) is 1. The smallest absolute Gasteiger partial charge is 0.123 e. The van der Waals surface area contributed by atoms with E-state index in [9.17, 15) is 4.39 Å². The summed E-state index contributed by atoms with van der Waals surface area (Å²) >= 11 is 0. The molecule has 1 aliphatic carbocycles. The Morgan fingerprint density at radius 1 is 1.33 bits per heavy atom. The molecule has 0 saturated heterocycles. The predicted octanol–water partition coefficient (Wildman–Crippen LogP) is 2.76. The van der Waals surface area contributed by atoms with Crippen molar-refractivity contribution in [2.75, 3.05) is 6.54 Å². The highest BCUT2D eigenvalue weighted by atomic mass is 19.1. The van der Waals surface area contributed by atoms with Gasteiger partial charge in [0, 0.05) is 6.04 Å². The van der Waals surface area contributed by atoms with Gasteiger partial charge in [0.25, 0.3) is 0 Å². The number of halogens is 1. The molecule has 1 fully saturated rings. The van der Waals surface area contributed by atoms with Gasteiger partial charge in [0.05, 0.1) is 0 Å². The molecule has 0 aliphatic heterocycles. The van der Waals surface area contributed by atoms with E-state index < -0.39 is 0 Å². The Hall–Kier alpha value is -0.890. The Morgan fingerprint density at radius 3 is 2.60 bits per heavy atom. The molecule has 2 rings (SSSR count). The Kier molecular flexibility index (Phi) is 3.37. The maximum Gasteiger partial charge on any atom is 0.123 e. The Balaban J connectivity index is 1.70. The molecule has 1 aliphatic rings. The van der Waals surface area contributed by atoms with Crippen LogP contribution in [-0.4, -0.2) is 12.6 Å². The van der Waals surface area contributed by atoms with E-state index in [1.54, 1.807) is 0 Å². The molecule has 1 aromatic carbocycles. The average Bonchev–Trinajstić information content (AvgIpc) is 3.04. The van der Waals surface area contributed by atoms with Gasteiger partial charge in [-0.1, -0.05) is 12.1 Å². The molecule has 1 atom stereocenters. The summed E-state index contributed by atoms with van der Waals surface area (Å²) in [6, 6.07) is 7.42. The third-order valence-electron chi connectivity index (χ3n) is 3.12. The van der Waals surface area contributed by atoms with Gasteiger partial charge in [-0.2, -0.15) is 0 Å². The average molecular weight is 207 g/mol. The Labute approximate surface area is 90.7 Å². The van der Waals surface area contributed by atoms with Crippen molar-refractivity contribution in [1.82, 2.24) is 5.32 Å². The van der Waals surface area contributed by atoms with E-state index in [1.165, 1.54) is 30.5 Å². The molecule has 1 saturated carbocycles. The van der Waals surface area contributed by atoms with Crippen LogP contribution in [-0.2, 0) is 6.42 Å². The van der Waals surface area contributed by atoms with Crippen LogP contribution in [0.25, 0.3) is 0 Å². The normalized spacial score (nSPS) is 17.7. The summed E-state index contributed by atoms with van der Waals surface area (Å²) in [5.41, 5.74) is 1.20. The van der Waals surface area contributed by atoms with E-state index in [1.807, 2.05) is 12.1 Å². The van der Waals surface area contributed by atoms with Crippen LogP contribution < -0.4 is 5.32 Å². The molecular weight excluding hydrogens is 189 g/mol. The first kappa shape index (κ1) is 10.6. The second kappa shape index (κ2) is 4.75. The summed E-state index contributed by atoms with van der Waals surface area (Å²) in [4.78, 5) is 0. The van der Waals surface area contributed by atoms with Gasteiger partial charge in [0.15, 0.2) is 0 Å². The molecule has 1 N–H and O–H groups in total. The lowest BCUT2D eigenvalue weighted by molar-refractivity contribution is 0.500. The summed E-state index contributed by atoms with van der Waals surface area (Å²) in [6.07, 6.45) is 3.74. The van der Waals surface area contributed by atoms with E-state index in [4.69, 9.17) is 0 Å². The molecule has 1 aromatic rings. The van der Waals surface area contributed by atoms with Crippen molar-refractivity contribution in [3.8, 4) is 0 Å². The zero-order chi connectivity index (χ0) is 10.7. The topological polar surface area (TPSA) is 12.0 Å². The maximum absolute atomic E-state index is 12.6. The van der Waals surface area contributed by atoms with Gasteiger partial charge in [-0.3, -0.25) is 0 Å². The lowest BCUT2D eigenvalue weighted by atomic mass is 10.1. The zero-order valence-corrected chi connectivity index (χ0v) is 9.17. The molecule has 0 spiro atoms. The maximum atomic E-state index is 12.6. The summed E-state index contributed by atoms with van der Waals surface area (Å²) in [7, 11) is 0. The van der Waals surface area contributed by atoms with Gasteiger partial charge in [-0.15, -0.1) is 0 Å². The highest BCUT2D eigenvalue weighted by Crippen LogP contribution is 2.32. The first-order valence-electron chi connectivity index (χ1n) is 5.73. The highest BCUT2D eigenvalue weighted by molar-refractivity contribution is 5.16. The van der Waals surface area contributed by atoms with Crippen molar-refractivity contribution in [2.45, 2.75) is 32.2 Å². The van der Waals surface area contributed by atoms with Crippen LogP contribution in [0, 0.1) is 11.7 Å². The minimum absolute atomic E-state index is 0.155. The van der Waals surface area contributed by atoms with Crippen molar-refractivity contribution < 1.29 is 4.39 Å². The molecule has 2 heteroatoms. The summed E-state index contributed by atoms with van der Waals surface area (Å²) in [6.45, 7) is 3.24. The fraction of sp³-hybridized carbons (Fsp3) is 0.538. The van der Waals surface area contributed by atoms with Gasteiger partial charge in [-0.25, -0.2) is 4.39 Å². The van der Waals surface area contributed by atoms with Crippen LogP contribution in [0.1, 0.15) is 25.3 Å². The lowest BCUT2D eigenvalue weighted by Crippen LogP contribution is -2.29. The van der Waals surface area contributed by atoms with E-state index in [-0.39, 0.29) is 5.82 Å². The summed E-state index contributed by atoms with van der Waals surface area (Å²) < 4.78 is 12.6. The van der Waals surface area contributed by atoms with E-state index in [2.05, 4.69) is 12.2 Å². The first-order valence-corrected chi connectivity index (χ1v) is 5.73. The van der Waals surface area contributed by atoms with Gasteiger partial charge >= 0.3 is 0 Å². The third-order valence-corrected chi connectivity index (χ3v) is 3.12. The van der Waals surface area contributed by atoms with E-state index in [0.717, 1.165) is 18.9 Å². The molecule has 0 heterocycles. The minimum Gasteiger partial charge on any atom is -0.314 e. The molecule has 1 unspecified atom stereocenters. The summed E-state index contributed by atoms with van der Waals surface area (Å²) in [5.74, 6) is 0.747. The SMILES string of the molecule is CC(NCCc1ccc(F)cc1)C1CC1. The van der Waals surface area contributed by atoms with E-state index in [0.29, 0.717) is 6.04 Å². The second-order valence-corrected chi connectivity index (χ2v) is 4.46. The predicted molar refractivity (Wildman–Crippen MR) is 60.3 cm³/mol. The summed E-state index contributed by atoms with van der Waals surface area (Å²) in [5, 5.41) is 3.51. The van der Waals surface area contributed by atoms with Crippen molar-refractivity contribution >= 4 is 0 Å². The quantitative estimate of drug-likeness (QED) is 0.783. The molecule has 1 nitrogen and oxygen atoms in total. The van der Waals surface area contributed by atoms with Gasteiger partial charge in [0.2, 0.25) is 0 Å². The fourth-order valence-corrected chi connectivity index (χ4v) is 1.86. The number of nitrogens with one attached hydrogen (secondary N) is 1. The van der Waals surface area contributed by atoms with Crippen LogP contribution >= 0.6 is 0 Å². The van der Waals surface area contributed by atoms with Crippen LogP contribution in [0.2, 0.25) is 0 Å². The molecule has 0 bridgehead atoms. The van der Waals surface area contributed by atoms with Crippen LogP contribution in [0.4, 0.5) is 4.39 Å². The molecule has 0 amide bonds. The van der Waals surface area contributed by atoms with Crippen molar-refractivity contribution in [3.05, 3.63) is 35.6 Å². The molecular formula is C13H18FN. The van der Waals surface area contributed by atoms with Gasteiger partial charge < -0.3 is 5.32 Å². The second-order valence-electron chi connectivity index (χ2n) is 4.46. The number of benzene rings is 1. The van der Waals surface area contributed by atoms with Gasteiger partial charge in [0.1, 0.15) is 5.82 Å². The zero-order valence-electron chi connectivity index (χ0n) is 9.17. The van der Waals surface area contributed by atoms with Gasteiger partial charge in [-0.05, 0) is 56.3 Å². The van der Waals surface area contributed by atoms with Crippen molar-refractivity contribution in [2.24, 2.45) is 5.92 Å². The Morgan fingerprint density at radius 2 is 2.00 bits per heavy atom. The van der Waals surface area contributed by atoms with E-state index >= 15 is 0 Å². The monoisotopic (exact) mass is 207 g/mol. The Bertz CT molecular complexity index is 303. The first-order chi connectivity index (χ1) is 7.25. The number of rotatable bonds is 5. The van der Waals surface area contributed by atoms with Crippen molar-refractivity contribution in [1.29, 1.82) is 0 Å². The minimum atomic E-state index is -0.155. The van der Waals surface area contributed by atoms with Crippen LogP contribution in [0.15, 0.2) is 24.3 Å². The molecule has 82 valence electrons. The van der Waals surface area contributed by atoms with Crippen LogP contribution in [0.3, 0.4) is 0 Å². The number of hydrogen-bond acceptors (Lipinski definition) is 1. The fourth-order valence-electron chi connectivity index (χ4n) is 1.86. The third kappa shape index (κ3) is 3.31. The largest absolute Gasteiger partial charge is 0.314 e.